The summed E-state index contributed by atoms with van der Waals surface area (Å²) in [6.45, 7) is -1.75. The van der Waals surface area contributed by atoms with Crippen LogP contribution in [0.15, 0.2) is 21.9 Å². The molecule has 8 N–H and O–H groups in total. The van der Waals surface area contributed by atoms with Crippen LogP contribution in [0.25, 0.3) is 0 Å². The monoisotopic (exact) mass is 550 g/mol. The molecule has 10 atom stereocenters. The minimum Gasteiger partial charge on any atom is -0.394 e. The molecule has 1 aromatic heterocycles. The van der Waals surface area contributed by atoms with E-state index in [-0.39, 0.29) is 0 Å². The van der Waals surface area contributed by atoms with E-state index in [4.69, 9.17) is 14.6 Å². The van der Waals surface area contributed by atoms with Crippen molar-refractivity contribution in [3.8, 4) is 0 Å². The SMILES string of the molecule is O=c1ccn([C@@H]2O[C@H](COP(=O)(O)OP(=O)(O)O[C@H]3C[C@@H](O)[C@@H](O)[C@@H](CO)O3)[C@@H](O)[C@H]2O)c(=O)[nH]1. The number of hydrogen-bond donors (Lipinski definition) is 8. The fourth-order valence-corrected chi connectivity index (χ4v) is 5.50. The topological polar surface area (TPSA) is 277 Å². The van der Waals surface area contributed by atoms with Crippen molar-refractivity contribution >= 4 is 15.6 Å². The van der Waals surface area contributed by atoms with Gasteiger partial charge in [0.05, 0.1) is 19.3 Å². The number of nitrogens with one attached hydrogen (secondary N) is 1. The van der Waals surface area contributed by atoms with Crippen molar-refractivity contribution in [3.63, 3.8) is 0 Å². The third kappa shape index (κ3) is 6.91. The van der Waals surface area contributed by atoms with Gasteiger partial charge >= 0.3 is 21.3 Å². The Morgan fingerprint density at radius 1 is 1.03 bits per heavy atom. The molecule has 3 rings (SSSR count). The summed E-state index contributed by atoms with van der Waals surface area (Å²) in [5.74, 6) is 0. The number of aromatic amines is 1. The van der Waals surface area contributed by atoms with Crippen LogP contribution in [-0.4, -0.2) is 101 Å². The molecule has 2 aliphatic rings. The Labute approximate surface area is 195 Å². The molecule has 0 aliphatic carbocycles. The molecule has 2 fully saturated rings. The maximum atomic E-state index is 12.1. The van der Waals surface area contributed by atoms with Crippen molar-refractivity contribution in [2.24, 2.45) is 0 Å². The van der Waals surface area contributed by atoms with Gasteiger partial charge in [-0.2, -0.15) is 4.31 Å². The molecule has 18 nitrogen and oxygen atoms in total. The normalized spacial score (nSPS) is 37.0. The third-order valence-electron chi connectivity index (χ3n) is 5.04. The summed E-state index contributed by atoms with van der Waals surface area (Å²) >= 11 is 0. The van der Waals surface area contributed by atoms with Crippen LogP contribution in [0.2, 0.25) is 0 Å². The lowest BCUT2D eigenvalue weighted by Crippen LogP contribution is -2.50. The van der Waals surface area contributed by atoms with E-state index in [2.05, 4.69) is 13.4 Å². The van der Waals surface area contributed by atoms with E-state index in [1.165, 1.54) is 0 Å². The van der Waals surface area contributed by atoms with Gasteiger partial charge in [0.1, 0.15) is 30.5 Å². The van der Waals surface area contributed by atoms with E-state index >= 15 is 0 Å². The molecule has 2 unspecified atom stereocenters. The van der Waals surface area contributed by atoms with E-state index in [1.54, 1.807) is 0 Å². The zero-order valence-corrected chi connectivity index (χ0v) is 19.3. The summed E-state index contributed by atoms with van der Waals surface area (Å²) in [4.78, 5) is 44.5. The van der Waals surface area contributed by atoms with E-state index in [0.29, 0.717) is 0 Å². The molecule has 0 bridgehead atoms. The molecule has 20 heteroatoms. The van der Waals surface area contributed by atoms with Crippen LogP contribution in [0.4, 0.5) is 0 Å². The molecule has 0 spiro atoms. The van der Waals surface area contributed by atoms with Crippen LogP contribution >= 0.6 is 15.6 Å². The van der Waals surface area contributed by atoms with Crippen LogP contribution in [0.1, 0.15) is 12.6 Å². The molecule has 2 aliphatic heterocycles. The van der Waals surface area contributed by atoms with Crippen LogP contribution in [-0.2, 0) is 32.0 Å². The number of hydrogen-bond acceptors (Lipinski definition) is 14. The minimum absolute atomic E-state index is 0.548. The van der Waals surface area contributed by atoms with Crippen molar-refractivity contribution in [2.45, 2.75) is 55.6 Å². The molecule has 2 saturated heterocycles. The maximum absolute atomic E-state index is 12.1. The summed E-state index contributed by atoms with van der Waals surface area (Å²) in [6.07, 6.45) is -12.2. The summed E-state index contributed by atoms with van der Waals surface area (Å²) in [5.41, 5.74) is -1.71. The van der Waals surface area contributed by atoms with Crippen LogP contribution < -0.4 is 11.2 Å². The number of aromatic nitrogens is 2. The number of phosphoric acid groups is 2. The van der Waals surface area contributed by atoms with E-state index in [1.807, 2.05) is 4.98 Å². The Kier molecular flexibility index (Phi) is 8.84. The molecule has 0 radical (unpaired) electrons. The van der Waals surface area contributed by atoms with E-state index in [9.17, 15) is 48.9 Å². The predicted molar refractivity (Wildman–Crippen MR) is 107 cm³/mol. The lowest BCUT2D eigenvalue weighted by molar-refractivity contribution is -0.233. The highest BCUT2D eigenvalue weighted by molar-refractivity contribution is 7.61. The number of nitrogens with zero attached hydrogens (tertiary/aromatic N) is 1. The van der Waals surface area contributed by atoms with Crippen molar-refractivity contribution in [2.75, 3.05) is 13.2 Å². The van der Waals surface area contributed by atoms with Gasteiger partial charge in [-0.3, -0.25) is 23.4 Å². The van der Waals surface area contributed by atoms with Gasteiger partial charge in [0.2, 0.25) is 0 Å². The Morgan fingerprint density at radius 3 is 2.34 bits per heavy atom. The first-order valence-corrected chi connectivity index (χ1v) is 12.9. The summed E-state index contributed by atoms with van der Waals surface area (Å²) in [5, 5.41) is 48.7. The zero-order chi connectivity index (χ0) is 26.1. The number of H-pyrrole nitrogens is 1. The van der Waals surface area contributed by atoms with Gasteiger partial charge in [0.25, 0.3) is 5.56 Å². The van der Waals surface area contributed by atoms with Gasteiger partial charge in [-0.05, 0) is 0 Å². The van der Waals surface area contributed by atoms with Gasteiger partial charge in [0, 0.05) is 18.7 Å². The number of rotatable bonds is 9. The third-order valence-corrected chi connectivity index (χ3v) is 7.67. The molecule has 1 aromatic rings. The Morgan fingerprint density at radius 2 is 1.71 bits per heavy atom. The molecular weight excluding hydrogens is 526 g/mol. The number of aliphatic hydroxyl groups excluding tert-OH is 5. The Hall–Kier alpha value is -1.34. The Balaban J connectivity index is 1.59. The van der Waals surface area contributed by atoms with Crippen molar-refractivity contribution < 1.29 is 67.3 Å². The zero-order valence-electron chi connectivity index (χ0n) is 17.5. The standard InChI is InChI=1S/C15H24N2O16P2/c18-4-7-11(21)6(19)3-10(30-7)32-35(27,28)33-34(25,26)29-5-8-12(22)13(23)14(31-8)17-2-1-9(20)16-15(17)24/h1-2,6-8,10-14,18-19,21-23H,3-5H2,(H,25,26)(H,27,28)(H,16,20,24)/t6-,7-,8-,10+,11-,12-,13-,14-/m1/s1. The largest absolute Gasteiger partial charge is 0.483 e. The van der Waals surface area contributed by atoms with E-state index < -0.39 is 95.7 Å². The maximum Gasteiger partial charge on any atom is 0.483 e. The predicted octanol–water partition coefficient (Wildman–Crippen LogP) is -3.76. The Bertz CT molecular complexity index is 1090. The highest BCUT2D eigenvalue weighted by Gasteiger charge is 2.47. The molecule has 3 heterocycles. The highest BCUT2D eigenvalue weighted by Crippen LogP contribution is 2.61. The van der Waals surface area contributed by atoms with Gasteiger partial charge in [-0.1, -0.05) is 0 Å². The molecule has 0 amide bonds. The first kappa shape index (κ1) is 28.2. The minimum atomic E-state index is -5.40. The van der Waals surface area contributed by atoms with Gasteiger partial charge in [0.15, 0.2) is 12.5 Å². The van der Waals surface area contributed by atoms with Gasteiger partial charge in [-0.25, -0.2) is 13.9 Å². The number of ether oxygens (including phenoxy) is 2. The van der Waals surface area contributed by atoms with Crippen LogP contribution in [0, 0.1) is 0 Å². The first-order valence-electron chi connectivity index (χ1n) is 9.88. The molecule has 35 heavy (non-hydrogen) atoms. The molecule has 0 saturated carbocycles. The second-order valence-electron chi connectivity index (χ2n) is 7.56. The van der Waals surface area contributed by atoms with Gasteiger partial charge < -0.3 is 44.8 Å². The van der Waals surface area contributed by atoms with Crippen LogP contribution in [0.3, 0.4) is 0 Å². The average molecular weight is 550 g/mol. The van der Waals surface area contributed by atoms with Crippen molar-refractivity contribution in [1.29, 1.82) is 0 Å². The highest BCUT2D eigenvalue weighted by atomic mass is 31.3. The average Bonchev–Trinajstić information content (AvgIpc) is 3.02. The van der Waals surface area contributed by atoms with Gasteiger partial charge in [-0.15, -0.1) is 0 Å². The fourth-order valence-electron chi connectivity index (χ4n) is 3.35. The molecule has 200 valence electrons. The first-order chi connectivity index (χ1) is 16.2. The number of aliphatic hydroxyl groups is 5. The van der Waals surface area contributed by atoms with Crippen molar-refractivity contribution in [1.82, 2.24) is 9.55 Å². The van der Waals surface area contributed by atoms with Crippen LogP contribution in [0.5, 0.6) is 0 Å². The summed E-state index contributed by atoms with van der Waals surface area (Å²) < 4.78 is 48.4. The fraction of sp³-hybridized carbons (Fsp3) is 0.733. The lowest BCUT2D eigenvalue weighted by Gasteiger charge is -2.36. The second-order valence-corrected chi connectivity index (χ2v) is 10.6. The quantitative estimate of drug-likeness (QED) is 0.137. The summed E-state index contributed by atoms with van der Waals surface area (Å²) in [6, 6.07) is 0.945. The molecular formula is C15H24N2O16P2. The lowest BCUT2D eigenvalue weighted by atomic mass is 10.0. The van der Waals surface area contributed by atoms with E-state index in [0.717, 1.165) is 16.8 Å². The second kappa shape index (κ2) is 11.0. The molecule has 0 aromatic carbocycles. The smallest absolute Gasteiger partial charge is 0.394 e. The number of phosphoric ester groups is 2. The summed E-state index contributed by atoms with van der Waals surface area (Å²) in [7, 11) is -10.8. The van der Waals surface area contributed by atoms with Crippen molar-refractivity contribution in [3.05, 3.63) is 33.1 Å².